The van der Waals surface area contributed by atoms with Crippen LogP contribution in [0.5, 0.6) is 0 Å². The standard InChI is InChI=1S/C10H13NO3S/c1-7-6-8(10(12)13)15-9(7)11-2-4-14-5-3-11/h6H,2-5H2,1H3,(H,12,13). The number of rotatable bonds is 2. The Morgan fingerprint density at radius 3 is 2.73 bits per heavy atom. The predicted octanol–water partition coefficient (Wildman–Crippen LogP) is 1.59. The van der Waals surface area contributed by atoms with Crippen LogP contribution in [0.15, 0.2) is 6.07 Å². The molecule has 82 valence electrons. The van der Waals surface area contributed by atoms with Crippen molar-refractivity contribution in [3.63, 3.8) is 0 Å². The van der Waals surface area contributed by atoms with E-state index in [9.17, 15) is 4.79 Å². The van der Waals surface area contributed by atoms with E-state index in [-0.39, 0.29) is 0 Å². The highest BCUT2D eigenvalue weighted by Gasteiger charge is 2.18. The first-order valence-corrected chi connectivity index (χ1v) is 5.66. The summed E-state index contributed by atoms with van der Waals surface area (Å²) in [6.07, 6.45) is 0. The van der Waals surface area contributed by atoms with Crippen molar-refractivity contribution in [1.29, 1.82) is 0 Å². The lowest BCUT2D eigenvalue weighted by Gasteiger charge is -2.28. The Hall–Kier alpha value is -1.07. The van der Waals surface area contributed by atoms with Crippen LogP contribution in [0.2, 0.25) is 0 Å². The number of carboxylic acids is 1. The summed E-state index contributed by atoms with van der Waals surface area (Å²) in [5.41, 5.74) is 1.04. The molecule has 0 radical (unpaired) electrons. The van der Waals surface area contributed by atoms with Gasteiger partial charge < -0.3 is 14.7 Å². The van der Waals surface area contributed by atoms with Crippen LogP contribution in [0, 0.1) is 6.92 Å². The minimum absolute atomic E-state index is 0.411. The summed E-state index contributed by atoms with van der Waals surface area (Å²) >= 11 is 1.34. The number of aromatic carboxylic acids is 1. The van der Waals surface area contributed by atoms with Crippen LogP contribution in [-0.4, -0.2) is 37.4 Å². The fraction of sp³-hybridized carbons (Fsp3) is 0.500. The van der Waals surface area contributed by atoms with Crippen molar-refractivity contribution in [2.75, 3.05) is 31.2 Å². The van der Waals surface area contributed by atoms with Gasteiger partial charge in [-0.3, -0.25) is 0 Å². The van der Waals surface area contributed by atoms with Crippen LogP contribution in [-0.2, 0) is 4.74 Å². The van der Waals surface area contributed by atoms with Crippen molar-refractivity contribution < 1.29 is 14.6 Å². The zero-order valence-electron chi connectivity index (χ0n) is 8.52. The van der Waals surface area contributed by atoms with Crippen molar-refractivity contribution in [1.82, 2.24) is 0 Å². The summed E-state index contributed by atoms with van der Waals surface area (Å²) in [5, 5.41) is 9.95. The smallest absolute Gasteiger partial charge is 0.345 e. The molecule has 0 amide bonds. The third-order valence-corrected chi connectivity index (χ3v) is 3.69. The fourth-order valence-electron chi connectivity index (χ4n) is 1.66. The summed E-state index contributed by atoms with van der Waals surface area (Å²) in [6, 6.07) is 1.73. The lowest BCUT2D eigenvalue weighted by molar-refractivity contribution is 0.0702. The molecule has 0 aromatic carbocycles. The topological polar surface area (TPSA) is 49.8 Å². The number of thiophene rings is 1. The van der Waals surface area contributed by atoms with Crippen molar-refractivity contribution >= 4 is 22.3 Å². The second-order valence-electron chi connectivity index (χ2n) is 3.50. The predicted molar refractivity (Wildman–Crippen MR) is 59.0 cm³/mol. The number of anilines is 1. The minimum atomic E-state index is -0.845. The number of morpholine rings is 1. The van der Waals surface area contributed by atoms with E-state index in [1.165, 1.54) is 11.3 Å². The number of hydrogen-bond acceptors (Lipinski definition) is 4. The first kappa shape index (κ1) is 10.4. The second-order valence-corrected chi connectivity index (χ2v) is 4.53. The highest BCUT2D eigenvalue weighted by atomic mass is 32.1. The molecule has 0 saturated carbocycles. The zero-order chi connectivity index (χ0) is 10.8. The van der Waals surface area contributed by atoms with Crippen LogP contribution < -0.4 is 4.90 Å². The van der Waals surface area contributed by atoms with Crippen LogP contribution in [0.1, 0.15) is 15.2 Å². The maximum absolute atomic E-state index is 10.8. The highest BCUT2D eigenvalue weighted by molar-refractivity contribution is 7.18. The molecule has 5 heteroatoms. The van der Waals surface area contributed by atoms with Gasteiger partial charge >= 0.3 is 5.97 Å². The molecule has 0 bridgehead atoms. The quantitative estimate of drug-likeness (QED) is 0.833. The fourth-order valence-corrected chi connectivity index (χ4v) is 2.72. The van der Waals surface area contributed by atoms with Crippen LogP contribution >= 0.6 is 11.3 Å². The zero-order valence-corrected chi connectivity index (χ0v) is 9.34. The van der Waals surface area contributed by atoms with Gasteiger partial charge in [0.1, 0.15) is 4.88 Å². The van der Waals surface area contributed by atoms with E-state index in [2.05, 4.69) is 4.90 Å². The first-order valence-electron chi connectivity index (χ1n) is 4.85. The van der Waals surface area contributed by atoms with Crippen molar-refractivity contribution in [3.8, 4) is 0 Å². The van der Waals surface area contributed by atoms with Crippen LogP contribution in [0.3, 0.4) is 0 Å². The average molecular weight is 227 g/mol. The number of aryl methyl sites for hydroxylation is 1. The molecule has 15 heavy (non-hydrogen) atoms. The molecule has 0 aliphatic carbocycles. The van der Waals surface area contributed by atoms with Crippen molar-refractivity contribution in [2.24, 2.45) is 0 Å². The lowest BCUT2D eigenvalue weighted by Crippen LogP contribution is -2.35. The number of ether oxygens (including phenoxy) is 1. The summed E-state index contributed by atoms with van der Waals surface area (Å²) in [5.74, 6) is -0.845. The summed E-state index contributed by atoms with van der Waals surface area (Å²) in [6.45, 7) is 5.09. The Labute approximate surface area is 92.1 Å². The molecule has 1 aliphatic rings. The molecule has 4 nitrogen and oxygen atoms in total. The molecule has 1 aromatic rings. The molecule has 0 atom stereocenters. The maximum Gasteiger partial charge on any atom is 0.345 e. The maximum atomic E-state index is 10.8. The molecule has 1 saturated heterocycles. The van der Waals surface area contributed by atoms with Gasteiger partial charge in [-0.1, -0.05) is 0 Å². The molecule has 2 heterocycles. The molecular weight excluding hydrogens is 214 g/mol. The molecule has 1 fully saturated rings. The van der Waals surface area contributed by atoms with Gasteiger partial charge in [0.05, 0.1) is 18.2 Å². The third kappa shape index (κ3) is 2.13. The molecular formula is C10H13NO3S. The van der Waals surface area contributed by atoms with Gasteiger partial charge in [0, 0.05) is 13.1 Å². The van der Waals surface area contributed by atoms with E-state index in [1.807, 2.05) is 6.92 Å². The van der Waals surface area contributed by atoms with Gasteiger partial charge in [0.2, 0.25) is 0 Å². The largest absolute Gasteiger partial charge is 0.477 e. The second kappa shape index (κ2) is 4.20. The third-order valence-electron chi connectivity index (χ3n) is 2.40. The van der Waals surface area contributed by atoms with E-state index in [4.69, 9.17) is 9.84 Å². The van der Waals surface area contributed by atoms with E-state index >= 15 is 0 Å². The lowest BCUT2D eigenvalue weighted by atomic mass is 10.3. The Kier molecular flexibility index (Phi) is 2.93. The van der Waals surface area contributed by atoms with E-state index in [1.54, 1.807) is 6.07 Å². The average Bonchev–Trinajstić information content (AvgIpc) is 2.62. The number of nitrogens with zero attached hydrogens (tertiary/aromatic N) is 1. The molecule has 1 N–H and O–H groups in total. The molecule has 0 spiro atoms. The monoisotopic (exact) mass is 227 g/mol. The number of carbonyl (C=O) groups is 1. The highest BCUT2D eigenvalue weighted by Crippen LogP contribution is 2.31. The van der Waals surface area contributed by atoms with E-state index in [0.717, 1.165) is 36.9 Å². The van der Waals surface area contributed by atoms with Gasteiger partial charge in [0.15, 0.2) is 0 Å². The van der Waals surface area contributed by atoms with Crippen molar-refractivity contribution in [3.05, 3.63) is 16.5 Å². The molecule has 1 aliphatic heterocycles. The Morgan fingerprint density at radius 1 is 1.53 bits per heavy atom. The van der Waals surface area contributed by atoms with Gasteiger partial charge in [-0.25, -0.2) is 4.79 Å². The summed E-state index contributed by atoms with van der Waals surface area (Å²) in [4.78, 5) is 13.4. The van der Waals surface area contributed by atoms with Gasteiger partial charge in [-0.15, -0.1) is 11.3 Å². The Morgan fingerprint density at radius 2 is 2.20 bits per heavy atom. The Balaban J connectivity index is 2.22. The normalized spacial score (nSPS) is 16.7. The van der Waals surface area contributed by atoms with E-state index in [0.29, 0.717) is 4.88 Å². The number of hydrogen-bond donors (Lipinski definition) is 1. The molecule has 2 rings (SSSR count). The molecule has 0 unspecified atom stereocenters. The minimum Gasteiger partial charge on any atom is -0.477 e. The van der Waals surface area contributed by atoms with Gasteiger partial charge in [-0.05, 0) is 18.6 Å². The Bertz CT molecular complexity index is 369. The van der Waals surface area contributed by atoms with E-state index < -0.39 is 5.97 Å². The summed E-state index contributed by atoms with van der Waals surface area (Å²) < 4.78 is 5.26. The SMILES string of the molecule is Cc1cc(C(=O)O)sc1N1CCOCC1. The summed E-state index contributed by atoms with van der Waals surface area (Å²) in [7, 11) is 0. The van der Waals surface area contributed by atoms with Gasteiger partial charge in [-0.2, -0.15) is 0 Å². The van der Waals surface area contributed by atoms with Crippen LogP contribution in [0.4, 0.5) is 5.00 Å². The molecule has 1 aromatic heterocycles. The number of carboxylic acid groups (broad SMARTS) is 1. The van der Waals surface area contributed by atoms with Gasteiger partial charge in [0.25, 0.3) is 0 Å². The van der Waals surface area contributed by atoms with Crippen LogP contribution in [0.25, 0.3) is 0 Å². The first-order chi connectivity index (χ1) is 7.18. The van der Waals surface area contributed by atoms with Crippen molar-refractivity contribution in [2.45, 2.75) is 6.92 Å².